The zero-order valence-corrected chi connectivity index (χ0v) is 17.3. The van der Waals surface area contributed by atoms with Crippen LogP contribution < -0.4 is 10.1 Å². The Morgan fingerprint density at radius 1 is 1.14 bits per heavy atom. The van der Waals surface area contributed by atoms with E-state index in [9.17, 15) is 4.79 Å². The van der Waals surface area contributed by atoms with Crippen LogP contribution in [0.4, 0.5) is 0 Å². The summed E-state index contributed by atoms with van der Waals surface area (Å²) in [5.41, 5.74) is 2.88. The summed E-state index contributed by atoms with van der Waals surface area (Å²) in [6.07, 6.45) is 2.15. The van der Waals surface area contributed by atoms with Crippen LogP contribution in [0.5, 0.6) is 5.75 Å². The van der Waals surface area contributed by atoms with Crippen molar-refractivity contribution < 1.29 is 9.53 Å². The molecule has 2 aromatic carbocycles. The quantitative estimate of drug-likeness (QED) is 0.611. The summed E-state index contributed by atoms with van der Waals surface area (Å²) in [6, 6.07) is 15.7. The molecule has 0 unspecified atom stereocenters. The third-order valence-corrected chi connectivity index (χ3v) is 4.92. The number of amides is 1. The van der Waals surface area contributed by atoms with Crippen molar-refractivity contribution in [3.8, 4) is 11.4 Å². The van der Waals surface area contributed by atoms with E-state index in [2.05, 4.69) is 15.6 Å². The maximum atomic E-state index is 12.5. The van der Waals surface area contributed by atoms with E-state index in [-0.39, 0.29) is 12.0 Å². The number of carbonyl (C=O) groups is 1. The standard InChI is InChI=1S/C21H24N4O2S/c1-14(2)27-18-9-7-17(8-10-18)25-15(3)20(23-24-25)21(26)22-13-16-5-11-19(28-4)12-6-16/h5-12,14H,13H2,1-4H3,(H,22,26). The summed E-state index contributed by atoms with van der Waals surface area (Å²) in [5.74, 6) is 0.555. The van der Waals surface area contributed by atoms with Crippen molar-refractivity contribution >= 4 is 17.7 Å². The molecule has 0 aliphatic heterocycles. The van der Waals surface area contributed by atoms with E-state index < -0.39 is 0 Å². The summed E-state index contributed by atoms with van der Waals surface area (Å²) >= 11 is 1.69. The van der Waals surface area contributed by atoms with Gasteiger partial charge in [0.1, 0.15) is 5.75 Å². The zero-order chi connectivity index (χ0) is 20.1. The number of hydrogen-bond acceptors (Lipinski definition) is 5. The molecule has 0 saturated heterocycles. The van der Waals surface area contributed by atoms with Crippen molar-refractivity contribution in [2.45, 2.75) is 38.3 Å². The molecule has 7 heteroatoms. The molecule has 1 N–H and O–H groups in total. The molecule has 6 nitrogen and oxygen atoms in total. The second kappa shape index (κ2) is 8.93. The molecule has 1 heterocycles. The summed E-state index contributed by atoms with van der Waals surface area (Å²) in [6.45, 7) is 6.25. The Kier molecular flexibility index (Phi) is 6.36. The topological polar surface area (TPSA) is 69.0 Å². The van der Waals surface area contributed by atoms with Crippen LogP contribution in [0, 0.1) is 6.92 Å². The Morgan fingerprint density at radius 3 is 2.43 bits per heavy atom. The summed E-state index contributed by atoms with van der Waals surface area (Å²) < 4.78 is 7.31. The fourth-order valence-corrected chi connectivity index (χ4v) is 3.14. The van der Waals surface area contributed by atoms with Gasteiger partial charge in [0.05, 0.1) is 17.5 Å². The van der Waals surface area contributed by atoms with Gasteiger partial charge in [-0.15, -0.1) is 16.9 Å². The minimum atomic E-state index is -0.238. The molecule has 3 rings (SSSR count). The van der Waals surface area contributed by atoms with E-state index in [4.69, 9.17) is 4.74 Å². The molecule has 0 atom stereocenters. The number of nitrogens with zero attached hydrogens (tertiary/aromatic N) is 3. The van der Waals surface area contributed by atoms with Gasteiger partial charge in [-0.25, -0.2) is 4.68 Å². The molecule has 146 valence electrons. The largest absolute Gasteiger partial charge is 0.491 e. The summed E-state index contributed by atoms with van der Waals surface area (Å²) in [4.78, 5) is 13.7. The number of ether oxygens (including phenoxy) is 1. The minimum Gasteiger partial charge on any atom is -0.491 e. The van der Waals surface area contributed by atoms with Gasteiger partial charge in [-0.05, 0) is 69.0 Å². The maximum Gasteiger partial charge on any atom is 0.274 e. The fraction of sp³-hybridized carbons (Fsp3) is 0.286. The van der Waals surface area contributed by atoms with Crippen molar-refractivity contribution in [3.63, 3.8) is 0 Å². The van der Waals surface area contributed by atoms with Crippen molar-refractivity contribution in [2.75, 3.05) is 6.26 Å². The molecule has 0 spiro atoms. The van der Waals surface area contributed by atoms with Crippen molar-refractivity contribution in [2.24, 2.45) is 0 Å². The Morgan fingerprint density at radius 2 is 1.82 bits per heavy atom. The maximum absolute atomic E-state index is 12.5. The molecular weight excluding hydrogens is 372 g/mol. The van der Waals surface area contributed by atoms with Crippen LogP contribution >= 0.6 is 11.8 Å². The molecule has 28 heavy (non-hydrogen) atoms. The van der Waals surface area contributed by atoms with E-state index in [1.807, 2.05) is 75.6 Å². The van der Waals surface area contributed by atoms with Crippen LogP contribution in [0.15, 0.2) is 53.4 Å². The van der Waals surface area contributed by atoms with Gasteiger partial charge in [0, 0.05) is 11.4 Å². The molecule has 1 aromatic heterocycles. The van der Waals surface area contributed by atoms with Gasteiger partial charge in [0.15, 0.2) is 5.69 Å². The normalized spacial score (nSPS) is 10.9. The zero-order valence-electron chi connectivity index (χ0n) is 16.5. The van der Waals surface area contributed by atoms with Crippen LogP contribution in [0.2, 0.25) is 0 Å². The lowest BCUT2D eigenvalue weighted by Gasteiger charge is -2.10. The lowest BCUT2D eigenvalue weighted by atomic mass is 10.2. The van der Waals surface area contributed by atoms with Crippen LogP contribution in [0.1, 0.15) is 35.6 Å². The Balaban J connectivity index is 1.68. The van der Waals surface area contributed by atoms with E-state index in [0.29, 0.717) is 17.9 Å². The smallest absolute Gasteiger partial charge is 0.274 e. The van der Waals surface area contributed by atoms with Gasteiger partial charge >= 0.3 is 0 Å². The summed E-state index contributed by atoms with van der Waals surface area (Å²) in [7, 11) is 0. The predicted octanol–water partition coefficient (Wildman–Crippen LogP) is 4.01. The predicted molar refractivity (Wildman–Crippen MR) is 111 cm³/mol. The minimum absolute atomic E-state index is 0.117. The summed E-state index contributed by atoms with van der Waals surface area (Å²) in [5, 5.41) is 11.1. The average Bonchev–Trinajstić information content (AvgIpc) is 3.08. The van der Waals surface area contributed by atoms with Crippen LogP contribution in [0.25, 0.3) is 5.69 Å². The molecule has 3 aromatic rings. The first-order chi connectivity index (χ1) is 13.5. The average molecular weight is 397 g/mol. The van der Waals surface area contributed by atoms with Gasteiger partial charge < -0.3 is 10.1 Å². The van der Waals surface area contributed by atoms with Crippen molar-refractivity contribution in [3.05, 3.63) is 65.5 Å². The Labute approximate surface area is 169 Å². The second-order valence-electron chi connectivity index (χ2n) is 6.63. The SMILES string of the molecule is CSc1ccc(CNC(=O)c2nnn(-c3ccc(OC(C)C)cc3)c2C)cc1. The molecule has 0 aliphatic carbocycles. The molecular formula is C21H24N4O2S. The monoisotopic (exact) mass is 396 g/mol. The highest BCUT2D eigenvalue weighted by Crippen LogP contribution is 2.18. The molecule has 0 radical (unpaired) electrons. The third-order valence-electron chi connectivity index (χ3n) is 4.17. The molecule has 0 bridgehead atoms. The number of aromatic nitrogens is 3. The van der Waals surface area contributed by atoms with E-state index >= 15 is 0 Å². The molecule has 0 aliphatic rings. The Bertz CT molecular complexity index is 934. The highest BCUT2D eigenvalue weighted by Gasteiger charge is 2.17. The number of thioether (sulfide) groups is 1. The van der Waals surface area contributed by atoms with E-state index in [0.717, 1.165) is 17.0 Å². The van der Waals surface area contributed by atoms with Crippen molar-refractivity contribution in [1.82, 2.24) is 20.3 Å². The number of carbonyl (C=O) groups excluding carboxylic acids is 1. The number of hydrogen-bond donors (Lipinski definition) is 1. The van der Waals surface area contributed by atoms with Crippen molar-refractivity contribution in [1.29, 1.82) is 0 Å². The second-order valence-corrected chi connectivity index (χ2v) is 7.51. The lowest BCUT2D eigenvalue weighted by molar-refractivity contribution is 0.0945. The number of benzene rings is 2. The lowest BCUT2D eigenvalue weighted by Crippen LogP contribution is -2.24. The highest BCUT2D eigenvalue weighted by atomic mass is 32.2. The first-order valence-corrected chi connectivity index (χ1v) is 10.3. The van der Waals surface area contributed by atoms with Crippen LogP contribution in [-0.4, -0.2) is 33.3 Å². The number of nitrogens with one attached hydrogen (secondary N) is 1. The first kappa shape index (κ1) is 19.9. The molecule has 0 saturated carbocycles. The van der Waals surface area contributed by atoms with E-state index in [1.165, 1.54) is 4.90 Å². The molecule has 0 fully saturated rings. The van der Waals surface area contributed by atoms with Gasteiger partial charge in [0.2, 0.25) is 0 Å². The van der Waals surface area contributed by atoms with Gasteiger partial charge in [0.25, 0.3) is 5.91 Å². The third kappa shape index (κ3) is 4.72. The first-order valence-electron chi connectivity index (χ1n) is 9.08. The molecule has 1 amide bonds. The van der Waals surface area contributed by atoms with Crippen LogP contribution in [0.3, 0.4) is 0 Å². The van der Waals surface area contributed by atoms with Crippen LogP contribution in [-0.2, 0) is 6.54 Å². The van der Waals surface area contributed by atoms with Gasteiger partial charge in [-0.3, -0.25) is 4.79 Å². The Hall–Kier alpha value is -2.80. The highest BCUT2D eigenvalue weighted by molar-refractivity contribution is 7.98. The fourth-order valence-electron chi connectivity index (χ4n) is 2.73. The van der Waals surface area contributed by atoms with Gasteiger partial charge in [-0.2, -0.15) is 0 Å². The van der Waals surface area contributed by atoms with Gasteiger partial charge in [-0.1, -0.05) is 17.3 Å². The van der Waals surface area contributed by atoms with E-state index in [1.54, 1.807) is 16.4 Å². The number of rotatable bonds is 7.